The number of phenolic OH excluding ortho intramolecular Hbond substituents is 1. The molecule has 8 heteroatoms. The summed E-state index contributed by atoms with van der Waals surface area (Å²) in [5.41, 5.74) is 2.99. The van der Waals surface area contributed by atoms with Gasteiger partial charge in [0.1, 0.15) is 11.5 Å². The minimum absolute atomic E-state index is 0.163. The van der Waals surface area contributed by atoms with Gasteiger partial charge in [-0.05, 0) is 55.3 Å². The summed E-state index contributed by atoms with van der Waals surface area (Å²) in [6.45, 7) is 8.53. The predicted octanol–water partition coefficient (Wildman–Crippen LogP) is 3.22. The Morgan fingerprint density at radius 3 is 2.79 bits per heavy atom. The van der Waals surface area contributed by atoms with Gasteiger partial charge in [-0.1, -0.05) is 36.1 Å². The van der Waals surface area contributed by atoms with Gasteiger partial charge in [-0.25, -0.2) is 4.99 Å². The molecule has 3 aromatic rings. The SMILES string of the molecule is C=C(OCC)C1=C(C)N=c2s/c(=C\c3ccc(O)cc3)c(=O)n2C1c1ccc2c(c1)OCO2. The summed E-state index contributed by atoms with van der Waals surface area (Å²) in [6, 6.07) is 11.9. The van der Waals surface area contributed by atoms with Crippen molar-refractivity contribution in [2.45, 2.75) is 19.9 Å². The number of hydrogen-bond acceptors (Lipinski definition) is 7. The second kappa shape index (κ2) is 8.29. The molecule has 0 saturated carbocycles. The molecular weight excluding hydrogens is 440 g/mol. The minimum Gasteiger partial charge on any atom is -0.508 e. The van der Waals surface area contributed by atoms with E-state index in [0.29, 0.717) is 33.2 Å². The van der Waals surface area contributed by atoms with Crippen molar-refractivity contribution in [1.82, 2.24) is 4.57 Å². The molecule has 1 N–H and O–H groups in total. The molecule has 0 fully saturated rings. The zero-order valence-electron chi connectivity index (χ0n) is 18.2. The monoisotopic (exact) mass is 462 g/mol. The first kappa shape index (κ1) is 21.1. The van der Waals surface area contributed by atoms with Crippen molar-refractivity contribution in [3.63, 3.8) is 0 Å². The van der Waals surface area contributed by atoms with Crippen molar-refractivity contribution in [2.24, 2.45) is 4.99 Å². The molecule has 2 aromatic carbocycles. The van der Waals surface area contributed by atoms with Crippen LogP contribution in [0.2, 0.25) is 0 Å². The Kier molecular flexibility index (Phi) is 5.30. The lowest BCUT2D eigenvalue weighted by Crippen LogP contribution is -2.38. The fourth-order valence-corrected chi connectivity index (χ4v) is 5.10. The van der Waals surface area contributed by atoms with Gasteiger partial charge >= 0.3 is 0 Å². The Morgan fingerprint density at radius 1 is 1.27 bits per heavy atom. The molecule has 168 valence electrons. The van der Waals surface area contributed by atoms with Crippen LogP contribution in [0.3, 0.4) is 0 Å². The Labute approximate surface area is 193 Å². The number of rotatable bonds is 5. The molecule has 0 spiro atoms. The van der Waals surface area contributed by atoms with Gasteiger partial charge in [0, 0.05) is 11.3 Å². The molecule has 2 aliphatic heterocycles. The summed E-state index contributed by atoms with van der Waals surface area (Å²) in [5, 5.41) is 9.55. The molecule has 0 radical (unpaired) electrons. The van der Waals surface area contributed by atoms with Crippen LogP contribution in [0.4, 0.5) is 0 Å². The molecule has 2 aliphatic rings. The highest BCUT2D eigenvalue weighted by Gasteiger charge is 2.31. The fourth-order valence-electron chi connectivity index (χ4n) is 4.05. The van der Waals surface area contributed by atoms with Crippen LogP contribution in [-0.2, 0) is 4.74 Å². The first-order valence-electron chi connectivity index (χ1n) is 10.5. The molecule has 0 saturated heterocycles. The van der Waals surface area contributed by atoms with Gasteiger partial charge in [-0.15, -0.1) is 0 Å². The van der Waals surface area contributed by atoms with Crippen LogP contribution < -0.4 is 24.4 Å². The maximum atomic E-state index is 13.6. The van der Waals surface area contributed by atoms with E-state index in [0.717, 1.165) is 22.4 Å². The first-order chi connectivity index (χ1) is 16.0. The third-order valence-electron chi connectivity index (χ3n) is 5.54. The molecule has 7 nitrogen and oxygen atoms in total. The number of hydrogen-bond donors (Lipinski definition) is 1. The predicted molar refractivity (Wildman–Crippen MR) is 125 cm³/mol. The number of ether oxygens (including phenoxy) is 3. The third-order valence-corrected chi connectivity index (χ3v) is 6.53. The third kappa shape index (κ3) is 3.72. The van der Waals surface area contributed by atoms with Crippen molar-refractivity contribution in [2.75, 3.05) is 13.4 Å². The maximum Gasteiger partial charge on any atom is 0.271 e. The lowest BCUT2D eigenvalue weighted by molar-refractivity contribution is 0.174. The highest BCUT2D eigenvalue weighted by molar-refractivity contribution is 7.07. The number of allylic oxidation sites excluding steroid dienone is 2. The van der Waals surface area contributed by atoms with Crippen molar-refractivity contribution >= 4 is 17.4 Å². The van der Waals surface area contributed by atoms with E-state index in [1.54, 1.807) is 34.9 Å². The summed E-state index contributed by atoms with van der Waals surface area (Å²) in [5.74, 6) is 1.96. The van der Waals surface area contributed by atoms with Gasteiger partial charge in [0.05, 0.1) is 17.2 Å². The van der Waals surface area contributed by atoms with Crippen molar-refractivity contribution in [3.8, 4) is 17.2 Å². The van der Waals surface area contributed by atoms with Gasteiger partial charge in [-0.2, -0.15) is 0 Å². The van der Waals surface area contributed by atoms with Gasteiger partial charge < -0.3 is 19.3 Å². The maximum absolute atomic E-state index is 13.6. The molecule has 1 unspecified atom stereocenters. The number of thiazole rings is 1. The average Bonchev–Trinajstić information content (AvgIpc) is 3.38. The molecule has 0 aliphatic carbocycles. The van der Waals surface area contributed by atoms with Crippen LogP contribution >= 0.6 is 11.3 Å². The van der Waals surface area contributed by atoms with Crippen LogP contribution in [0, 0.1) is 0 Å². The van der Waals surface area contributed by atoms with E-state index in [1.807, 2.05) is 32.0 Å². The topological polar surface area (TPSA) is 82.3 Å². The van der Waals surface area contributed by atoms with E-state index in [1.165, 1.54) is 11.3 Å². The molecule has 33 heavy (non-hydrogen) atoms. The van der Waals surface area contributed by atoms with Crippen molar-refractivity contribution in [1.29, 1.82) is 0 Å². The Balaban J connectivity index is 1.72. The molecule has 0 bridgehead atoms. The summed E-state index contributed by atoms with van der Waals surface area (Å²) in [4.78, 5) is 18.9. The molecule has 0 amide bonds. The van der Waals surface area contributed by atoms with E-state index in [9.17, 15) is 9.90 Å². The first-order valence-corrected chi connectivity index (χ1v) is 11.3. The summed E-state index contributed by atoms with van der Waals surface area (Å²) in [7, 11) is 0. The van der Waals surface area contributed by atoms with Gasteiger partial charge in [0.2, 0.25) is 6.79 Å². The molecule has 3 heterocycles. The number of aromatic nitrogens is 1. The van der Waals surface area contributed by atoms with Gasteiger partial charge in [0.25, 0.3) is 5.56 Å². The van der Waals surface area contributed by atoms with Crippen LogP contribution in [0.15, 0.2) is 75.9 Å². The zero-order valence-corrected chi connectivity index (χ0v) is 19.0. The lowest BCUT2D eigenvalue weighted by atomic mass is 9.94. The quantitative estimate of drug-likeness (QED) is 0.589. The lowest BCUT2D eigenvalue weighted by Gasteiger charge is -2.27. The second-order valence-electron chi connectivity index (χ2n) is 7.64. The molecular formula is C25H22N2O5S. The number of fused-ring (bicyclic) bond motifs is 2. The van der Waals surface area contributed by atoms with E-state index in [-0.39, 0.29) is 18.1 Å². The Bertz CT molecular complexity index is 1460. The van der Waals surface area contributed by atoms with Crippen LogP contribution in [0.5, 0.6) is 17.2 Å². The standard InChI is InChI=1S/C25H22N2O5S/c1-4-30-15(3)22-14(2)26-25-27(23(22)17-7-10-19-20(12-17)32-13-31-19)24(29)21(33-25)11-16-5-8-18(28)9-6-16/h5-12,23,28H,3-4,13H2,1-2H3/b21-11-. The average molecular weight is 463 g/mol. The summed E-state index contributed by atoms with van der Waals surface area (Å²) in [6.07, 6.45) is 1.80. The van der Waals surface area contributed by atoms with Crippen LogP contribution in [-0.4, -0.2) is 23.1 Å². The number of nitrogens with zero attached hydrogens (tertiary/aromatic N) is 2. The molecule has 1 aromatic heterocycles. The van der Waals surface area contributed by atoms with E-state index >= 15 is 0 Å². The zero-order chi connectivity index (χ0) is 23.1. The Morgan fingerprint density at radius 2 is 2.03 bits per heavy atom. The van der Waals surface area contributed by atoms with E-state index in [2.05, 4.69) is 6.58 Å². The number of benzene rings is 2. The minimum atomic E-state index is -0.475. The second-order valence-corrected chi connectivity index (χ2v) is 8.65. The number of aromatic hydroxyl groups is 1. The van der Waals surface area contributed by atoms with Gasteiger partial charge in [-0.3, -0.25) is 9.36 Å². The Hall–Kier alpha value is -3.78. The van der Waals surface area contributed by atoms with Crippen LogP contribution in [0.1, 0.15) is 31.0 Å². The van der Waals surface area contributed by atoms with Crippen molar-refractivity contribution in [3.05, 3.63) is 96.9 Å². The van der Waals surface area contributed by atoms with Crippen LogP contribution in [0.25, 0.3) is 6.08 Å². The normalized spacial score (nSPS) is 17.0. The highest BCUT2D eigenvalue weighted by atomic mass is 32.1. The molecule has 1 atom stereocenters. The molecule has 5 rings (SSSR count). The van der Waals surface area contributed by atoms with Crippen molar-refractivity contribution < 1.29 is 19.3 Å². The summed E-state index contributed by atoms with van der Waals surface area (Å²) >= 11 is 1.32. The van der Waals surface area contributed by atoms with Gasteiger partial charge in [0.15, 0.2) is 16.3 Å². The fraction of sp³-hybridized carbons (Fsp3) is 0.200. The smallest absolute Gasteiger partial charge is 0.271 e. The van der Waals surface area contributed by atoms with E-state index in [4.69, 9.17) is 19.2 Å². The number of phenols is 1. The largest absolute Gasteiger partial charge is 0.508 e. The van der Waals surface area contributed by atoms with E-state index < -0.39 is 6.04 Å². The highest BCUT2D eigenvalue weighted by Crippen LogP contribution is 2.39. The summed E-state index contributed by atoms with van der Waals surface area (Å²) < 4.78 is 19.0.